The largest absolute Gasteiger partial charge is 0.302 e. The first-order valence-electron chi connectivity index (χ1n) is 7.24. The lowest BCUT2D eigenvalue weighted by molar-refractivity contribution is 0.371. The molecular formula is C17H24N2S. The van der Waals surface area contributed by atoms with Gasteiger partial charge in [-0.2, -0.15) is 0 Å². The maximum absolute atomic E-state index is 4.67. The molecule has 0 aliphatic rings. The van der Waals surface area contributed by atoms with Crippen molar-refractivity contribution in [1.29, 1.82) is 0 Å². The van der Waals surface area contributed by atoms with Gasteiger partial charge in [-0.05, 0) is 32.3 Å². The summed E-state index contributed by atoms with van der Waals surface area (Å²) in [6.07, 6.45) is 0. The second-order valence-corrected chi connectivity index (χ2v) is 7.10. The van der Waals surface area contributed by atoms with Gasteiger partial charge in [0.2, 0.25) is 0 Å². The molecule has 0 radical (unpaired) electrons. The van der Waals surface area contributed by atoms with E-state index in [9.17, 15) is 0 Å². The summed E-state index contributed by atoms with van der Waals surface area (Å²) in [5.41, 5.74) is 2.54. The zero-order valence-electron chi connectivity index (χ0n) is 13.0. The number of rotatable bonds is 5. The molecule has 2 atom stereocenters. The average Bonchev–Trinajstić information content (AvgIpc) is 2.75. The molecule has 1 aromatic heterocycles. The summed E-state index contributed by atoms with van der Waals surface area (Å²) in [6.45, 7) is 11.0. The van der Waals surface area contributed by atoms with E-state index in [4.69, 9.17) is 0 Å². The highest BCUT2D eigenvalue weighted by molar-refractivity contribution is 7.11. The molecule has 108 valence electrons. The molecule has 0 spiro atoms. The minimum absolute atomic E-state index is 0.271. The monoisotopic (exact) mass is 288 g/mol. The molecule has 2 unspecified atom stereocenters. The van der Waals surface area contributed by atoms with Crippen LogP contribution in [-0.2, 0) is 0 Å². The Hall–Kier alpha value is -1.19. The van der Waals surface area contributed by atoms with Crippen molar-refractivity contribution in [3.63, 3.8) is 0 Å². The SMILES string of the molecule is Cc1nc(C(C)NC(c2ccccc2)C(C)C)c(C)s1. The van der Waals surface area contributed by atoms with Crippen molar-refractivity contribution in [2.24, 2.45) is 5.92 Å². The maximum Gasteiger partial charge on any atom is 0.0900 e. The van der Waals surface area contributed by atoms with Crippen LogP contribution in [0, 0.1) is 19.8 Å². The first-order chi connectivity index (χ1) is 9.49. The molecule has 1 aromatic carbocycles. The lowest BCUT2D eigenvalue weighted by Crippen LogP contribution is -2.29. The minimum atomic E-state index is 0.271. The third kappa shape index (κ3) is 3.47. The summed E-state index contributed by atoms with van der Waals surface area (Å²) < 4.78 is 0. The van der Waals surface area contributed by atoms with Crippen LogP contribution < -0.4 is 5.32 Å². The Morgan fingerprint density at radius 2 is 1.70 bits per heavy atom. The molecule has 20 heavy (non-hydrogen) atoms. The number of hydrogen-bond donors (Lipinski definition) is 1. The summed E-state index contributed by atoms with van der Waals surface area (Å²) in [7, 11) is 0. The number of aryl methyl sites for hydroxylation is 2. The van der Waals surface area contributed by atoms with Crippen LogP contribution in [0.15, 0.2) is 30.3 Å². The van der Waals surface area contributed by atoms with Crippen molar-refractivity contribution in [3.8, 4) is 0 Å². The molecule has 2 rings (SSSR count). The van der Waals surface area contributed by atoms with E-state index >= 15 is 0 Å². The Morgan fingerprint density at radius 3 is 2.20 bits per heavy atom. The predicted molar refractivity (Wildman–Crippen MR) is 87.2 cm³/mol. The second kappa shape index (κ2) is 6.51. The van der Waals surface area contributed by atoms with Crippen molar-refractivity contribution in [1.82, 2.24) is 10.3 Å². The maximum atomic E-state index is 4.67. The molecule has 0 bridgehead atoms. The van der Waals surface area contributed by atoms with Gasteiger partial charge < -0.3 is 5.32 Å². The predicted octanol–water partition coefficient (Wildman–Crippen LogP) is 4.81. The fourth-order valence-corrected chi connectivity index (χ4v) is 3.54. The van der Waals surface area contributed by atoms with E-state index in [2.05, 4.69) is 75.3 Å². The quantitative estimate of drug-likeness (QED) is 0.854. The van der Waals surface area contributed by atoms with E-state index < -0.39 is 0 Å². The van der Waals surface area contributed by atoms with Crippen molar-refractivity contribution in [3.05, 3.63) is 51.5 Å². The van der Waals surface area contributed by atoms with Gasteiger partial charge in [0, 0.05) is 17.0 Å². The highest BCUT2D eigenvalue weighted by Crippen LogP contribution is 2.28. The van der Waals surface area contributed by atoms with E-state index in [1.807, 2.05) is 0 Å². The average molecular weight is 288 g/mol. The highest BCUT2D eigenvalue weighted by atomic mass is 32.1. The molecule has 1 N–H and O–H groups in total. The topological polar surface area (TPSA) is 24.9 Å². The number of benzene rings is 1. The Morgan fingerprint density at radius 1 is 1.05 bits per heavy atom. The molecule has 0 aliphatic carbocycles. The Labute approximate surface area is 126 Å². The van der Waals surface area contributed by atoms with Gasteiger partial charge in [-0.25, -0.2) is 4.98 Å². The molecule has 2 aromatic rings. The van der Waals surface area contributed by atoms with Gasteiger partial charge in [0.15, 0.2) is 0 Å². The smallest absolute Gasteiger partial charge is 0.0900 e. The normalized spacial score (nSPS) is 14.5. The summed E-state index contributed by atoms with van der Waals surface area (Å²) in [6, 6.07) is 11.3. The first-order valence-corrected chi connectivity index (χ1v) is 8.05. The van der Waals surface area contributed by atoms with Gasteiger partial charge in [0.05, 0.1) is 10.7 Å². The lowest BCUT2D eigenvalue weighted by atomic mass is 9.95. The Kier molecular flexibility index (Phi) is 4.95. The molecule has 0 aliphatic heterocycles. The number of thiazole rings is 1. The van der Waals surface area contributed by atoms with Crippen LogP contribution in [0.25, 0.3) is 0 Å². The van der Waals surface area contributed by atoms with Crippen LogP contribution in [0.2, 0.25) is 0 Å². The summed E-state index contributed by atoms with van der Waals surface area (Å²) >= 11 is 1.78. The molecule has 3 heteroatoms. The van der Waals surface area contributed by atoms with Crippen molar-refractivity contribution < 1.29 is 0 Å². The summed E-state index contributed by atoms with van der Waals surface area (Å²) in [5.74, 6) is 0.542. The highest BCUT2D eigenvalue weighted by Gasteiger charge is 2.21. The third-order valence-corrected chi connectivity index (χ3v) is 4.51. The van der Waals surface area contributed by atoms with Crippen LogP contribution >= 0.6 is 11.3 Å². The van der Waals surface area contributed by atoms with Gasteiger partial charge in [-0.3, -0.25) is 0 Å². The Bertz CT molecular complexity index is 545. The zero-order chi connectivity index (χ0) is 14.7. The van der Waals surface area contributed by atoms with Crippen LogP contribution in [0.1, 0.15) is 54.0 Å². The third-order valence-electron chi connectivity index (χ3n) is 3.60. The lowest BCUT2D eigenvalue weighted by Gasteiger charge is -2.26. The van der Waals surface area contributed by atoms with Crippen LogP contribution in [-0.4, -0.2) is 4.98 Å². The number of nitrogens with zero attached hydrogens (tertiary/aromatic N) is 1. The molecule has 1 heterocycles. The summed E-state index contributed by atoms with van der Waals surface area (Å²) in [4.78, 5) is 5.99. The number of aromatic nitrogens is 1. The van der Waals surface area contributed by atoms with E-state index in [0.717, 1.165) is 5.01 Å². The van der Waals surface area contributed by atoms with E-state index in [1.165, 1.54) is 16.1 Å². The van der Waals surface area contributed by atoms with Crippen molar-refractivity contribution >= 4 is 11.3 Å². The van der Waals surface area contributed by atoms with Gasteiger partial charge in [0.1, 0.15) is 0 Å². The molecule has 0 amide bonds. The molecular weight excluding hydrogens is 264 g/mol. The standard InChI is InChI=1S/C17H24N2S/c1-11(2)16(15-9-7-6-8-10-15)18-12(3)17-13(4)20-14(5)19-17/h6-12,16,18H,1-5H3. The minimum Gasteiger partial charge on any atom is -0.302 e. The van der Waals surface area contributed by atoms with Gasteiger partial charge in [-0.15, -0.1) is 11.3 Å². The zero-order valence-corrected chi connectivity index (χ0v) is 13.8. The number of hydrogen-bond acceptors (Lipinski definition) is 3. The molecule has 2 nitrogen and oxygen atoms in total. The molecule has 0 saturated heterocycles. The van der Waals surface area contributed by atoms with Gasteiger partial charge >= 0.3 is 0 Å². The van der Waals surface area contributed by atoms with E-state index in [1.54, 1.807) is 11.3 Å². The van der Waals surface area contributed by atoms with Gasteiger partial charge in [-0.1, -0.05) is 44.2 Å². The fraction of sp³-hybridized carbons (Fsp3) is 0.471. The Balaban J connectivity index is 2.19. The van der Waals surface area contributed by atoms with Crippen molar-refractivity contribution in [2.75, 3.05) is 0 Å². The molecule has 0 saturated carbocycles. The van der Waals surface area contributed by atoms with Crippen LogP contribution in [0.4, 0.5) is 0 Å². The second-order valence-electron chi connectivity index (χ2n) is 5.70. The fourth-order valence-electron chi connectivity index (χ4n) is 2.63. The molecule has 0 fully saturated rings. The van der Waals surface area contributed by atoms with E-state index in [-0.39, 0.29) is 6.04 Å². The van der Waals surface area contributed by atoms with Crippen LogP contribution in [0.5, 0.6) is 0 Å². The van der Waals surface area contributed by atoms with Crippen molar-refractivity contribution in [2.45, 2.75) is 46.7 Å². The van der Waals surface area contributed by atoms with E-state index in [0.29, 0.717) is 12.0 Å². The van der Waals surface area contributed by atoms with Crippen LogP contribution in [0.3, 0.4) is 0 Å². The first kappa shape index (κ1) is 15.2. The summed E-state index contributed by atoms with van der Waals surface area (Å²) in [5, 5.41) is 4.89. The number of nitrogens with one attached hydrogen (secondary N) is 1. The van der Waals surface area contributed by atoms with Gasteiger partial charge in [0.25, 0.3) is 0 Å².